The van der Waals surface area contributed by atoms with Crippen molar-refractivity contribution in [3.05, 3.63) is 30.2 Å². The molecular weight excluding hydrogens is 413 g/mol. The van der Waals surface area contributed by atoms with Gasteiger partial charge in [-0.25, -0.2) is 9.97 Å². The topological polar surface area (TPSA) is 94.0 Å². The Bertz CT molecular complexity index is 914. The standard InChI is InChI=1S/C20H25F3N6S/c1-12-4-5-19(15(12)24)6-9-29(10-7-19)14-11-27-18(17(25)28-14)30-13-3-2-8-26-16(13)20(21,22)23/h2-3,8,11-12,15H,4-7,9-10,24H2,1H3,(H2,25,28). The van der Waals surface area contributed by atoms with Crippen LogP contribution in [0.25, 0.3) is 0 Å². The zero-order chi connectivity index (χ0) is 21.5. The molecule has 1 saturated heterocycles. The number of nitrogen functional groups attached to an aromatic ring is 1. The second kappa shape index (κ2) is 7.88. The molecule has 2 unspecified atom stereocenters. The highest BCUT2D eigenvalue weighted by Crippen LogP contribution is 2.48. The Balaban J connectivity index is 1.48. The minimum atomic E-state index is -4.55. The van der Waals surface area contributed by atoms with Crippen LogP contribution in [0.4, 0.5) is 24.8 Å². The third kappa shape index (κ3) is 3.94. The third-order valence-corrected chi connectivity index (χ3v) is 7.56. The van der Waals surface area contributed by atoms with Gasteiger partial charge in [0, 0.05) is 30.2 Å². The number of nitrogens with two attached hydrogens (primary N) is 2. The second-order valence-corrected chi connectivity index (χ2v) is 9.29. The first-order valence-corrected chi connectivity index (χ1v) is 10.8. The van der Waals surface area contributed by atoms with Gasteiger partial charge < -0.3 is 16.4 Å². The van der Waals surface area contributed by atoms with Crippen LogP contribution in [0.2, 0.25) is 0 Å². The molecule has 4 rings (SSSR count). The predicted molar refractivity (Wildman–Crippen MR) is 110 cm³/mol. The van der Waals surface area contributed by atoms with Gasteiger partial charge in [0.1, 0.15) is 10.8 Å². The van der Waals surface area contributed by atoms with E-state index in [9.17, 15) is 13.2 Å². The number of nitrogens with zero attached hydrogens (tertiary/aromatic N) is 4. The van der Waals surface area contributed by atoms with E-state index in [2.05, 4.69) is 26.8 Å². The van der Waals surface area contributed by atoms with Gasteiger partial charge in [0.15, 0.2) is 11.5 Å². The maximum atomic E-state index is 13.2. The maximum absolute atomic E-state index is 13.2. The highest BCUT2D eigenvalue weighted by molar-refractivity contribution is 7.99. The van der Waals surface area contributed by atoms with Gasteiger partial charge in [-0.15, -0.1) is 0 Å². The minimum absolute atomic E-state index is 0.0528. The van der Waals surface area contributed by atoms with Gasteiger partial charge in [-0.2, -0.15) is 13.2 Å². The van der Waals surface area contributed by atoms with Crippen LogP contribution in [-0.2, 0) is 6.18 Å². The molecule has 2 atom stereocenters. The average Bonchev–Trinajstić information content (AvgIpc) is 2.98. The van der Waals surface area contributed by atoms with Gasteiger partial charge in [0.05, 0.1) is 6.20 Å². The smallest absolute Gasteiger partial charge is 0.381 e. The lowest BCUT2D eigenvalue weighted by Gasteiger charge is -2.43. The molecule has 2 aliphatic rings. The number of hydrogen-bond donors (Lipinski definition) is 2. The first-order chi connectivity index (χ1) is 14.2. The van der Waals surface area contributed by atoms with Crippen LogP contribution in [-0.4, -0.2) is 34.1 Å². The molecule has 162 valence electrons. The Morgan fingerprint density at radius 1 is 1.20 bits per heavy atom. The molecule has 0 bridgehead atoms. The molecule has 1 aliphatic heterocycles. The molecule has 0 radical (unpaired) electrons. The van der Waals surface area contributed by atoms with Crippen molar-refractivity contribution in [2.75, 3.05) is 23.7 Å². The second-order valence-electron chi connectivity index (χ2n) is 8.26. The van der Waals surface area contributed by atoms with Gasteiger partial charge in [-0.05, 0) is 49.1 Å². The Hall–Kier alpha value is -2.07. The van der Waals surface area contributed by atoms with Crippen molar-refractivity contribution in [1.82, 2.24) is 15.0 Å². The zero-order valence-electron chi connectivity index (χ0n) is 16.7. The fourth-order valence-electron chi connectivity index (χ4n) is 4.63. The fourth-order valence-corrected chi connectivity index (χ4v) is 5.51. The van der Waals surface area contributed by atoms with E-state index in [0.717, 1.165) is 43.9 Å². The molecule has 30 heavy (non-hydrogen) atoms. The van der Waals surface area contributed by atoms with Crippen molar-refractivity contribution in [3.8, 4) is 0 Å². The highest BCUT2D eigenvalue weighted by atomic mass is 32.2. The normalized spacial score (nSPS) is 23.8. The average molecular weight is 439 g/mol. The molecule has 2 fully saturated rings. The lowest BCUT2D eigenvalue weighted by molar-refractivity contribution is -0.143. The number of pyridine rings is 1. The summed E-state index contributed by atoms with van der Waals surface area (Å²) < 4.78 is 39.5. The monoisotopic (exact) mass is 438 g/mol. The van der Waals surface area contributed by atoms with Crippen LogP contribution in [0.1, 0.15) is 38.3 Å². The van der Waals surface area contributed by atoms with Crippen LogP contribution in [0.5, 0.6) is 0 Å². The Labute approximate surface area is 177 Å². The van der Waals surface area contributed by atoms with Crippen molar-refractivity contribution < 1.29 is 13.2 Å². The van der Waals surface area contributed by atoms with E-state index >= 15 is 0 Å². The van der Waals surface area contributed by atoms with Crippen molar-refractivity contribution in [3.63, 3.8) is 0 Å². The molecule has 2 aromatic heterocycles. The van der Waals surface area contributed by atoms with Crippen LogP contribution < -0.4 is 16.4 Å². The van der Waals surface area contributed by atoms with Gasteiger partial charge in [-0.3, -0.25) is 4.98 Å². The van der Waals surface area contributed by atoms with E-state index in [1.54, 1.807) is 6.20 Å². The predicted octanol–water partition coefficient (Wildman–Crippen LogP) is 3.97. The van der Waals surface area contributed by atoms with Crippen molar-refractivity contribution in [1.29, 1.82) is 0 Å². The summed E-state index contributed by atoms with van der Waals surface area (Å²) in [4.78, 5) is 14.3. The minimum Gasteiger partial charge on any atom is -0.381 e. The summed E-state index contributed by atoms with van der Waals surface area (Å²) in [5.41, 5.74) is 11.8. The molecule has 1 spiro atoms. The molecule has 1 aliphatic carbocycles. The fraction of sp³-hybridized carbons (Fsp3) is 0.550. The molecule has 4 N–H and O–H groups in total. The SMILES string of the molecule is CC1CCC2(CCN(c3cnc(Sc4cccnc4C(F)(F)F)c(N)n3)CC2)C1N. The van der Waals surface area contributed by atoms with Crippen molar-refractivity contribution >= 4 is 23.4 Å². The zero-order valence-corrected chi connectivity index (χ0v) is 17.5. The van der Waals surface area contributed by atoms with Crippen LogP contribution in [0.15, 0.2) is 34.4 Å². The Morgan fingerprint density at radius 2 is 1.93 bits per heavy atom. The van der Waals surface area contributed by atoms with E-state index < -0.39 is 11.9 Å². The first-order valence-electron chi connectivity index (χ1n) is 10.0. The number of piperidine rings is 1. The number of halogens is 3. The van der Waals surface area contributed by atoms with Gasteiger partial charge in [0.2, 0.25) is 0 Å². The highest BCUT2D eigenvalue weighted by Gasteiger charge is 2.46. The van der Waals surface area contributed by atoms with Gasteiger partial charge in [-0.1, -0.05) is 18.7 Å². The molecule has 0 aromatic carbocycles. The van der Waals surface area contributed by atoms with Crippen LogP contribution >= 0.6 is 11.8 Å². The maximum Gasteiger partial charge on any atom is 0.434 e. The molecule has 6 nitrogen and oxygen atoms in total. The quantitative estimate of drug-likeness (QED) is 0.749. The largest absolute Gasteiger partial charge is 0.434 e. The number of anilines is 2. The Morgan fingerprint density at radius 3 is 2.53 bits per heavy atom. The van der Waals surface area contributed by atoms with E-state index in [4.69, 9.17) is 11.5 Å². The first kappa shape index (κ1) is 21.2. The summed E-state index contributed by atoms with van der Waals surface area (Å²) >= 11 is 0.823. The lowest BCUT2D eigenvalue weighted by atomic mass is 9.73. The van der Waals surface area contributed by atoms with Crippen LogP contribution in [0.3, 0.4) is 0 Å². The summed E-state index contributed by atoms with van der Waals surface area (Å²) in [7, 11) is 0. The van der Waals surface area contributed by atoms with E-state index in [0.29, 0.717) is 11.7 Å². The molecule has 3 heterocycles. The lowest BCUT2D eigenvalue weighted by Crippen LogP contribution is -2.48. The summed E-state index contributed by atoms with van der Waals surface area (Å²) in [5.74, 6) is 1.31. The molecule has 1 saturated carbocycles. The Kier molecular flexibility index (Phi) is 5.56. The summed E-state index contributed by atoms with van der Waals surface area (Å²) in [6.45, 7) is 3.87. The molecule has 10 heteroatoms. The van der Waals surface area contributed by atoms with E-state index in [1.807, 2.05) is 0 Å². The summed E-state index contributed by atoms with van der Waals surface area (Å²) in [6.07, 6.45) is 2.49. The van der Waals surface area contributed by atoms with Gasteiger partial charge >= 0.3 is 6.18 Å². The molecular formula is C20H25F3N6S. The van der Waals surface area contributed by atoms with Crippen LogP contribution in [0, 0.1) is 11.3 Å². The van der Waals surface area contributed by atoms with Crippen molar-refractivity contribution in [2.24, 2.45) is 17.1 Å². The van der Waals surface area contributed by atoms with E-state index in [-0.39, 0.29) is 27.2 Å². The number of aromatic nitrogens is 3. The molecule has 2 aromatic rings. The summed E-state index contributed by atoms with van der Waals surface area (Å²) in [6, 6.07) is 3.04. The number of hydrogen-bond acceptors (Lipinski definition) is 7. The third-order valence-electron chi connectivity index (χ3n) is 6.50. The van der Waals surface area contributed by atoms with Crippen molar-refractivity contribution in [2.45, 2.75) is 54.7 Å². The number of alkyl halides is 3. The molecule has 0 amide bonds. The van der Waals surface area contributed by atoms with E-state index in [1.165, 1.54) is 25.0 Å². The van der Waals surface area contributed by atoms with Gasteiger partial charge in [0.25, 0.3) is 0 Å². The number of rotatable bonds is 3. The summed E-state index contributed by atoms with van der Waals surface area (Å²) in [5, 5.41) is 0.234.